The second-order valence-electron chi connectivity index (χ2n) is 3.32. The fourth-order valence-electron chi connectivity index (χ4n) is 1.69. The fourth-order valence-corrected chi connectivity index (χ4v) is 1.69. The third-order valence-electron chi connectivity index (χ3n) is 2.23. The summed E-state index contributed by atoms with van der Waals surface area (Å²) in [6.07, 6.45) is 4.09. The molecule has 1 rings (SSSR count). The van der Waals surface area contributed by atoms with Gasteiger partial charge >= 0.3 is 0 Å². The van der Waals surface area contributed by atoms with Crippen molar-refractivity contribution in [3.63, 3.8) is 0 Å². The zero-order valence-corrected chi connectivity index (χ0v) is 7.38. The molecule has 0 heterocycles. The first-order valence-electron chi connectivity index (χ1n) is 4.35. The summed E-state index contributed by atoms with van der Waals surface area (Å²) in [5.41, 5.74) is 0. The smallest absolute Gasteiger partial charge is 0.217 e. The Hall–Kier alpha value is -0.610. The van der Waals surface area contributed by atoms with Crippen molar-refractivity contribution in [3.05, 3.63) is 0 Å². The minimum absolute atomic E-state index is 0.0256. The molecule has 0 aliphatic heterocycles. The maximum atomic E-state index is 10.7. The SMILES string of the molecule is CC(=O)NC1CCCC(ON)C1. The van der Waals surface area contributed by atoms with Crippen LogP contribution in [0.15, 0.2) is 0 Å². The van der Waals surface area contributed by atoms with E-state index >= 15 is 0 Å². The van der Waals surface area contributed by atoms with Gasteiger partial charge in [0.05, 0.1) is 6.10 Å². The quantitative estimate of drug-likeness (QED) is 0.590. The van der Waals surface area contributed by atoms with Crippen molar-refractivity contribution in [2.24, 2.45) is 5.90 Å². The van der Waals surface area contributed by atoms with E-state index in [-0.39, 0.29) is 18.1 Å². The summed E-state index contributed by atoms with van der Waals surface area (Å²) < 4.78 is 0. The Morgan fingerprint density at radius 3 is 2.92 bits per heavy atom. The normalized spacial score (nSPS) is 29.8. The first-order chi connectivity index (χ1) is 5.72. The van der Waals surface area contributed by atoms with Crippen molar-refractivity contribution in [2.45, 2.75) is 44.8 Å². The standard InChI is InChI=1S/C8H16N2O2/c1-6(11)10-7-3-2-4-8(5-7)12-9/h7-8H,2-5,9H2,1H3,(H,10,11). The van der Waals surface area contributed by atoms with E-state index in [1.165, 1.54) is 6.92 Å². The predicted octanol–water partition coefficient (Wildman–Crippen LogP) is 0.324. The van der Waals surface area contributed by atoms with Crippen LogP contribution in [0, 0.1) is 0 Å². The van der Waals surface area contributed by atoms with Gasteiger partial charge in [0, 0.05) is 13.0 Å². The first-order valence-corrected chi connectivity index (χ1v) is 4.35. The molecule has 1 aliphatic rings. The number of amides is 1. The van der Waals surface area contributed by atoms with Crippen molar-refractivity contribution < 1.29 is 9.63 Å². The van der Waals surface area contributed by atoms with Gasteiger partial charge in [0.1, 0.15) is 0 Å². The average Bonchev–Trinajstić information content (AvgIpc) is 2.03. The van der Waals surface area contributed by atoms with Crippen LogP contribution in [-0.4, -0.2) is 18.1 Å². The third kappa shape index (κ3) is 2.79. The van der Waals surface area contributed by atoms with Gasteiger partial charge < -0.3 is 10.2 Å². The first kappa shape index (κ1) is 9.48. The van der Waals surface area contributed by atoms with Gasteiger partial charge in [0.25, 0.3) is 0 Å². The fraction of sp³-hybridized carbons (Fsp3) is 0.875. The number of carbonyl (C=O) groups is 1. The molecule has 1 saturated carbocycles. The highest BCUT2D eigenvalue weighted by atomic mass is 16.6. The van der Waals surface area contributed by atoms with E-state index in [0.717, 1.165) is 25.7 Å². The Labute approximate surface area is 72.4 Å². The molecule has 2 atom stereocenters. The second-order valence-corrected chi connectivity index (χ2v) is 3.32. The summed E-state index contributed by atoms with van der Waals surface area (Å²) in [4.78, 5) is 15.5. The van der Waals surface area contributed by atoms with Crippen LogP contribution in [0.5, 0.6) is 0 Å². The molecule has 1 aliphatic carbocycles. The average molecular weight is 172 g/mol. The molecule has 0 bridgehead atoms. The van der Waals surface area contributed by atoms with Gasteiger partial charge in [-0.2, -0.15) is 0 Å². The van der Waals surface area contributed by atoms with E-state index in [4.69, 9.17) is 10.7 Å². The van der Waals surface area contributed by atoms with Crippen molar-refractivity contribution in [1.29, 1.82) is 0 Å². The van der Waals surface area contributed by atoms with Gasteiger partial charge in [-0.3, -0.25) is 4.79 Å². The molecular weight excluding hydrogens is 156 g/mol. The molecule has 2 unspecified atom stereocenters. The van der Waals surface area contributed by atoms with Gasteiger partial charge in [0.15, 0.2) is 0 Å². The zero-order valence-electron chi connectivity index (χ0n) is 7.38. The van der Waals surface area contributed by atoms with E-state index in [9.17, 15) is 4.79 Å². The molecule has 0 saturated heterocycles. The van der Waals surface area contributed by atoms with Crippen LogP contribution in [0.25, 0.3) is 0 Å². The number of carbonyl (C=O) groups excluding carboxylic acids is 1. The lowest BCUT2D eigenvalue weighted by Gasteiger charge is -2.27. The van der Waals surface area contributed by atoms with E-state index in [0.29, 0.717) is 0 Å². The van der Waals surface area contributed by atoms with Crippen LogP contribution < -0.4 is 11.2 Å². The number of hydrogen-bond acceptors (Lipinski definition) is 3. The highest BCUT2D eigenvalue weighted by molar-refractivity contribution is 5.73. The zero-order chi connectivity index (χ0) is 8.97. The van der Waals surface area contributed by atoms with Crippen molar-refractivity contribution in [1.82, 2.24) is 5.32 Å². The summed E-state index contributed by atoms with van der Waals surface area (Å²) >= 11 is 0. The van der Waals surface area contributed by atoms with E-state index in [1.807, 2.05) is 0 Å². The van der Waals surface area contributed by atoms with Gasteiger partial charge in [0.2, 0.25) is 5.91 Å². The summed E-state index contributed by atoms with van der Waals surface area (Å²) in [6, 6.07) is 0.254. The Bertz CT molecular complexity index is 161. The van der Waals surface area contributed by atoms with Crippen LogP contribution in [0.1, 0.15) is 32.6 Å². The summed E-state index contributed by atoms with van der Waals surface area (Å²) in [5.74, 6) is 5.11. The Morgan fingerprint density at radius 1 is 1.58 bits per heavy atom. The minimum atomic E-state index is 0.0256. The van der Waals surface area contributed by atoms with Crippen LogP contribution in [-0.2, 0) is 9.63 Å². The predicted molar refractivity (Wildman–Crippen MR) is 45.1 cm³/mol. The van der Waals surface area contributed by atoms with Gasteiger partial charge in [-0.05, 0) is 25.7 Å². The molecule has 3 N–H and O–H groups in total. The number of hydrogen-bond donors (Lipinski definition) is 2. The molecule has 4 nitrogen and oxygen atoms in total. The van der Waals surface area contributed by atoms with E-state index < -0.39 is 0 Å². The van der Waals surface area contributed by atoms with Crippen LogP contribution in [0.4, 0.5) is 0 Å². The summed E-state index contributed by atoms with van der Waals surface area (Å²) in [5, 5.41) is 2.87. The third-order valence-corrected chi connectivity index (χ3v) is 2.23. The number of rotatable bonds is 2. The molecule has 4 heteroatoms. The van der Waals surface area contributed by atoms with Crippen LogP contribution in [0.2, 0.25) is 0 Å². The Kier molecular flexibility index (Phi) is 3.49. The topological polar surface area (TPSA) is 64.3 Å². The van der Waals surface area contributed by atoms with Crippen molar-refractivity contribution in [3.8, 4) is 0 Å². The van der Waals surface area contributed by atoms with E-state index in [1.54, 1.807) is 0 Å². The van der Waals surface area contributed by atoms with Crippen molar-refractivity contribution >= 4 is 5.91 Å². The van der Waals surface area contributed by atoms with Gasteiger partial charge in [-0.25, -0.2) is 5.90 Å². The highest BCUT2D eigenvalue weighted by Gasteiger charge is 2.22. The van der Waals surface area contributed by atoms with E-state index in [2.05, 4.69) is 5.32 Å². The lowest BCUT2D eigenvalue weighted by molar-refractivity contribution is -0.120. The molecule has 70 valence electrons. The molecule has 1 amide bonds. The molecule has 0 radical (unpaired) electrons. The molecule has 1 fully saturated rings. The lowest BCUT2D eigenvalue weighted by atomic mass is 9.93. The molecule has 0 aromatic heterocycles. The lowest BCUT2D eigenvalue weighted by Crippen LogP contribution is -2.40. The van der Waals surface area contributed by atoms with Gasteiger partial charge in [-0.15, -0.1) is 0 Å². The van der Waals surface area contributed by atoms with Crippen LogP contribution >= 0.6 is 0 Å². The Balaban J connectivity index is 2.30. The molecular formula is C8H16N2O2. The van der Waals surface area contributed by atoms with Gasteiger partial charge in [-0.1, -0.05) is 0 Å². The number of nitrogens with two attached hydrogens (primary N) is 1. The number of nitrogens with one attached hydrogen (secondary N) is 1. The van der Waals surface area contributed by atoms with Crippen LogP contribution in [0.3, 0.4) is 0 Å². The largest absolute Gasteiger partial charge is 0.354 e. The van der Waals surface area contributed by atoms with Crippen molar-refractivity contribution in [2.75, 3.05) is 0 Å². The molecule has 0 aromatic rings. The molecule has 12 heavy (non-hydrogen) atoms. The highest BCUT2D eigenvalue weighted by Crippen LogP contribution is 2.19. The maximum absolute atomic E-state index is 10.7. The molecule has 0 aromatic carbocycles. The minimum Gasteiger partial charge on any atom is -0.354 e. The monoisotopic (exact) mass is 172 g/mol. The Morgan fingerprint density at radius 2 is 2.33 bits per heavy atom. The second kappa shape index (κ2) is 4.42. The summed E-state index contributed by atoms with van der Waals surface area (Å²) in [7, 11) is 0. The maximum Gasteiger partial charge on any atom is 0.217 e. The summed E-state index contributed by atoms with van der Waals surface area (Å²) in [6.45, 7) is 1.53. The molecule has 0 spiro atoms.